The molecule has 19 heavy (non-hydrogen) atoms. The Kier molecular flexibility index (Phi) is 3.03. The van der Waals surface area contributed by atoms with Gasteiger partial charge < -0.3 is 9.52 Å². The van der Waals surface area contributed by atoms with Gasteiger partial charge in [-0.25, -0.2) is 0 Å². The van der Waals surface area contributed by atoms with E-state index in [1.165, 1.54) is 0 Å². The van der Waals surface area contributed by atoms with Crippen LogP contribution < -0.4 is 5.32 Å². The molecule has 1 aromatic carbocycles. The van der Waals surface area contributed by atoms with Gasteiger partial charge in [0.05, 0.1) is 0 Å². The van der Waals surface area contributed by atoms with E-state index < -0.39 is 12.0 Å². The summed E-state index contributed by atoms with van der Waals surface area (Å²) in [6, 6.07) is 7.41. The topological polar surface area (TPSA) is 62.5 Å². The molecule has 0 aliphatic heterocycles. The molecule has 0 bridgehead atoms. The van der Waals surface area contributed by atoms with E-state index >= 15 is 0 Å². The minimum Gasteiger partial charge on any atom is -0.480 e. The number of aryl methyl sites for hydroxylation is 1. The Labute approximate surface area is 111 Å². The predicted molar refractivity (Wildman–Crippen MR) is 71.9 cm³/mol. The van der Waals surface area contributed by atoms with Crippen LogP contribution in [0.25, 0.3) is 11.0 Å². The van der Waals surface area contributed by atoms with Crippen LogP contribution >= 0.6 is 0 Å². The lowest BCUT2D eigenvalue weighted by Gasteiger charge is -2.13. The number of hydrogen-bond donors (Lipinski definition) is 2. The smallest absolute Gasteiger partial charge is 0.320 e. The zero-order chi connectivity index (χ0) is 13.4. The van der Waals surface area contributed by atoms with Crippen molar-refractivity contribution in [1.82, 2.24) is 5.32 Å². The molecule has 0 amide bonds. The van der Waals surface area contributed by atoms with Gasteiger partial charge >= 0.3 is 5.97 Å². The Morgan fingerprint density at radius 1 is 1.47 bits per heavy atom. The van der Waals surface area contributed by atoms with Crippen molar-refractivity contribution >= 4 is 16.9 Å². The first-order valence-electron chi connectivity index (χ1n) is 6.60. The minimum atomic E-state index is -0.757. The van der Waals surface area contributed by atoms with Crippen molar-refractivity contribution in [1.29, 1.82) is 0 Å². The lowest BCUT2D eigenvalue weighted by molar-refractivity contribution is -0.140. The molecular weight excluding hydrogens is 242 g/mol. The molecule has 2 aromatic rings. The van der Waals surface area contributed by atoms with Crippen LogP contribution in [0.5, 0.6) is 0 Å². The summed E-state index contributed by atoms with van der Waals surface area (Å²) in [4.78, 5) is 11.2. The standard InChI is InChI=1S/C15H17NO3/c1-9-12(11-4-2-3-5-13(11)19-9)8-16-14(15(17)18)10-6-7-10/h2-5,10,14,16H,6-8H2,1H3,(H,17,18). The van der Waals surface area contributed by atoms with Crippen LogP contribution in [0.3, 0.4) is 0 Å². The summed E-state index contributed by atoms with van der Waals surface area (Å²) in [5.74, 6) is 0.387. The SMILES string of the molecule is Cc1oc2ccccc2c1CNC(C(=O)O)C1CC1. The molecule has 0 spiro atoms. The van der Waals surface area contributed by atoms with Crippen LogP contribution in [0.1, 0.15) is 24.2 Å². The van der Waals surface area contributed by atoms with Gasteiger partial charge in [-0.2, -0.15) is 0 Å². The highest BCUT2D eigenvalue weighted by molar-refractivity contribution is 5.82. The van der Waals surface area contributed by atoms with Gasteiger partial charge in [-0.1, -0.05) is 18.2 Å². The molecule has 1 heterocycles. The van der Waals surface area contributed by atoms with Gasteiger partial charge in [0.15, 0.2) is 0 Å². The second kappa shape index (κ2) is 4.70. The van der Waals surface area contributed by atoms with E-state index in [0.717, 1.165) is 35.1 Å². The Morgan fingerprint density at radius 3 is 2.89 bits per heavy atom. The number of carboxylic acid groups (broad SMARTS) is 1. The molecule has 1 aromatic heterocycles. The lowest BCUT2D eigenvalue weighted by Crippen LogP contribution is -2.38. The summed E-state index contributed by atoms with van der Waals surface area (Å²) in [5.41, 5.74) is 1.91. The molecular formula is C15H17NO3. The van der Waals surface area contributed by atoms with E-state index in [9.17, 15) is 9.90 Å². The third kappa shape index (κ3) is 2.36. The lowest BCUT2D eigenvalue weighted by atomic mass is 10.1. The fraction of sp³-hybridized carbons (Fsp3) is 0.400. The number of benzene rings is 1. The molecule has 1 saturated carbocycles. The third-order valence-corrected chi connectivity index (χ3v) is 3.76. The van der Waals surface area contributed by atoms with Crippen LogP contribution in [0.2, 0.25) is 0 Å². The van der Waals surface area contributed by atoms with E-state index in [2.05, 4.69) is 5.32 Å². The predicted octanol–water partition coefficient (Wildman–Crippen LogP) is 2.69. The maximum atomic E-state index is 11.2. The van der Waals surface area contributed by atoms with Crippen molar-refractivity contribution in [2.45, 2.75) is 32.4 Å². The van der Waals surface area contributed by atoms with E-state index in [0.29, 0.717) is 6.54 Å². The molecule has 1 atom stereocenters. The fourth-order valence-electron chi connectivity index (χ4n) is 2.54. The maximum Gasteiger partial charge on any atom is 0.320 e. The molecule has 0 saturated heterocycles. The van der Waals surface area contributed by atoms with Gasteiger partial charge in [0.25, 0.3) is 0 Å². The van der Waals surface area contributed by atoms with Crippen LogP contribution in [0.15, 0.2) is 28.7 Å². The number of carbonyl (C=O) groups is 1. The third-order valence-electron chi connectivity index (χ3n) is 3.76. The summed E-state index contributed by atoms with van der Waals surface area (Å²) in [5, 5.41) is 13.4. The quantitative estimate of drug-likeness (QED) is 0.866. The van der Waals surface area contributed by atoms with Crippen LogP contribution in [-0.2, 0) is 11.3 Å². The van der Waals surface area contributed by atoms with Gasteiger partial charge in [-0.05, 0) is 31.7 Å². The van der Waals surface area contributed by atoms with E-state index in [4.69, 9.17) is 4.42 Å². The molecule has 1 aliphatic carbocycles. The van der Waals surface area contributed by atoms with Crippen molar-refractivity contribution in [2.75, 3.05) is 0 Å². The molecule has 2 N–H and O–H groups in total. The fourth-order valence-corrected chi connectivity index (χ4v) is 2.54. The van der Waals surface area contributed by atoms with Gasteiger partial charge in [-0.3, -0.25) is 10.1 Å². The number of carboxylic acids is 1. The van der Waals surface area contributed by atoms with Gasteiger partial charge in [0.2, 0.25) is 0 Å². The van der Waals surface area contributed by atoms with E-state index in [1.54, 1.807) is 0 Å². The maximum absolute atomic E-state index is 11.2. The average Bonchev–Trinajstić information content (AvgIpc) is 3.14. The van der Waals surface area contributed by atoms with Crippen molar-refractivity contribution in [2.24, 2.45) is 5.92 Å². The number of aliphatic carboxylic acids is 1. The van der Waals surface area contributed by atoms with Crippen molar-refractivity contribution in [3.05, 3.63) is 35.6 Å². The number of hydrogen-bond acceptors (Lipinski definition) is 3. The first-order chi connectivity index (χ1) is 9.16. The highest BCUT2D eigenvalue weighted by Gasteiger charge is 2.35. The largest absolute Gasteiger partial charge is 0.480 e. The van der Waals surface area contributed by atoms with Crippen LogP contribution in [0, 0.1) is 12.8 Å². The molecule has 100 valence electrons. The summed E-state index contributed by atoms with van der Waals surface area (Å²) >= 11 is 0. The molecule has 4 heteroatoms. The van der Waals surface area contributed by atoms with Crippen molar-refractivity contribution in [3.8, 4) is 0 Å². The average molecular weight is 259 g/mol. The Bertz CT molecular complexity index is 613. The number of nitrogens with one attached hydrogen (secondary N) is 1. The Hall–Kier alpha value is -1.81. The summed E-state index contributed by atoms with van der Waals surface area (Å²) in [7, 11) is 0. The first kappa shape index (κ1) is 12.2. The zero-order valence-electron chi connectivity index (χ0n) is 10.8. The van der Waals surface area contributed by atoms with E-state index in [1.807, 2.05) is 31.2 Å². The molecule has 3 rings (SSSR count). The highest BCUT2D eigenvalue weighted by Crippen LogP contribution is 2.33. The normalized spacial score (nSPS) is 16.7. The second-order valence-electron chi connectivity index (χ2n) is 5.17. The second-order valence-corrected chi connectivity index (χ2v) is 5.17. The molecule has 1 fully saturated rings. The molecule has 1 aliphatic rings. The summed E-state index contributed by atoms with van der Waals surface area (Å²) in [6.45, 7) is 2.46. The zero-order valence-corrected chi connectivity index (χ0v) is 10.8. The number of para-hydroxylation sites is 1. The van der Waals surface area contributed by atoms with Crippen molar-refractivity contribution in [3.63, 3.8) is 0 Å². The van der Waals surface area contributed by atoms with Gasteiger partial charge in [0, 0.05) is 17.5 Å². The minimum absolute atomic E-state index is 0.288. The van der Waals surface area contributed by atoms with Crippen LogP contribution in [0.4, 0.5) is 0 Å². The van der Waals surface area contributed by atoms with Crippen LogP contribution in [-0.4, -0.2) is 17.1 Å². The van der Waals surface area contributed by atoms with Gasteiger partial charge in [0.1, 0.15) is 17.4 Å². The van der Waals surface area contributed by atoms with Gasteiger partial charge in [-0.15, -0.1) is 0 Å². The first-order valence-corrected chi connectivity index (χ1v) is 6.60. The number of rotatable bonds is 5. The van der Waals surface area contributed by atoms with Crippen molar-refractivity contribution < 1.29 is 14.3 Å². The number of fused-ring (bicyclic) bond motifs is 1. The Morgan fingerprint density at radius 2 is 2.21 bits per heavy atom. The highest BCUT2D eigenvalue weighted by atomic mass is 16.4. The van der Waals surface area contributed by atoms with E-state index in [-0.39, 0.29) is 5.92 Å². The summed E-state index contributed by atoms with van der Waals surface area (Å²) < 4.78 is 5.68. The number of furan rings is 1. The molecule has 4 nitrogen and oxygen atoms in total. The monoisotopic (exact) mass is 259 g/mol. The Balaban J connectivity index is 1.81. The molecule has 0 radical (unpaired) electrons. The molecule has 1 unspecified atom stereocenters. The summed E-state index contributed by atoms with van der Waals surface area (Å²) in [6.07, 6.45) is 2.02.